The molecule has 0 fully saturated rings. The second-order valence-electron chi connectivity index (χ2n) is 5.77. The predicted octanol–water partition coefficient (Wildman–Crippen LogP) is 1.72. The second-order valence-corrected chi connectivity index (χ2v) is 6.99. The average molecular weight is 343 g/mol. The van der Waals surface area contributed by atoms with Crippen LogP contribution in [0.2, 0.25) is 0 Å². The SMILES string of the molecule is NCc1ccc(CCN2c3cc(C(N)=O)ccc3SC2CO)cc1. The number of amides is 1. The zero-order chi connectivity index (χ0) is 17.1. The van der Waals surface area contributed by atoms with E-state index in [1.54, 1.807) is 17.8 Å². The van der Waals surface area contributed by atoms with E-state index in [0.717, 1.165) is 29.1 Å². The highest BCUT2D eigenvalue weighted by atomic mass is 32.2. The van der Waals surface area contributed by atoms with Gasteiger partial charge in [-0.3, -0.25) is 4.79 Å². The quantitative estimate of drug-likeness (QED) is 0.743. The van der Waals surface area contributed by atoms with Crippen molar-refractivity contribution in [3.05, 3.63) is 59.2 Å². The summed E-state index contributed by atoms with van der Waals surface area (Å²) in [5.41, 5.74) is 14.8. The maximum absolute atomic E-state index is 11.4. The first-order valence-corrected chi connectivity index (χ1v) is 8.76. The van der Waals surface area contributed by atoms with Gasteiger partial charge in [-0.2, -0.15) is 0 Å². The van der Waals surface area contributed by atoms with Gasteiger partial charge in [0.15, 0.2) is 0 Å². The molecule has 0 bridgehead atoms. The molecule has 2 aromatic rings. The van der Waals surface area contributed by atoms with Crippen LogP contribution in [0.25, 0.3) is 0 Å². The third-order valence-corrected chi connectivity index (χ3v) is 5.49. The van der Waals surface area contributed by atoms with E-state index in [1.165, 1.54) is 5.56 Å². The Kier molecular flexibility index (Phi) is 5.08. The van der Waals surface area contributed by atoms with E-state index in [9.17, 15) is 9.90 Å². The van der Waals surface area contributed by atoms with Gasteiger partial charge in [0.25, 0.3) is 0 Å². The number of anilines is 1. The van der Waals surface area contributed by atoms with Crippen molar-refractivity contribution >= 4 is 23.4 Å². The van der Waals surface area contributed by atoms with Gasteiger partial charge in [-0.05, 0) is 35.7 Å². The van der Waals surface area contributed by atoms with Crippen LogP contribution in [-0.2, 0) is 13.0 Å². The van der Waals surface area contributed by atoms with Crippen LogP contribution < -0.4 is 16.4 Å². The highest BCUT2D eigenvalue weighted by molar-refractivity contribution is 8.00. The van der Waals surface area contributed by atoms with E-state index in [2.05, 4.69) is 17.0 Å². The zero-order valence-corrected chi connectivity index (χ0v) is 14.1. The molecule has 1 unspecified atom stereocenters. The van der Waals surface area contributed by atoms with Crippen LogP contribution in [0.3, 0.4) is 0 Å². The molecule has 1 aliphatic heterocycles. The first-order valence-electron chi connectivity index (χ1n) is 7.88. The molecule has 0 saturated carbocycles. The monoisotopic (exact) mass is 343 g/mol. The van der Waals surface area contributed by atoms with Gasteiger partial charge < -0.3 is 21.5 Å². The Labute approximate surface area is 145 Å². The molecule has 0 aliphatic carbocycles. The van der Waals surface area contributed by atoms with Gasteiger partial charge in [-0.25, -0.2) is 0 Å². The van der Waals surface area contributed by atoms with Gasteiger partial charge in [-0.1, -0.05) is 36.0 Å². The second kappa shape index (κ2) is 7.25. The number of thioether (sulfide) groups is 1. The van der Waals surface area contributed by atoms with Gasteiger partial charge in [0.1, 0.15) is 5.37 Å². The third kappa shape index (κ3) is 3.40. The van der Waals surface area contributed by atoms with Gasteiger partial charge in [0, 0.05) is 23.5 Å². The molecule has 0 saturated heterocycles. The number of hydrogen-bond donors (Lipinski definition) is 3. The fourth-order valence-corrected chi connectivity index (χ4v) is 4.01. The minimum atomic E-state index is -0.437. The molecule has 1 aliphatic rings. The first kappa shape index (κ1) is 16.8. The molecule has 5 nitrogen and oxygen atoms in total. The lowest BCUT2D eigenvalue weighted by Gasteiger charge is -2.25. The van der Waals surface area contributed by atoms with Crippen molar-refractivity contribution in [2.45, 2.75) is 23.2 Å². The molecule has 5 N–H and O–H groups in total. The Morgan fingerprint density at radius 3 is 2.50 bits per heavy atom. The molecule has 0 radical (unpaired) electrons. The van der Waals surface area contributed by atoms with Crippen LogP contribution in [0, 0.1) is 0 Å². The Balaban J connectivity index is 1.78. The van der Waals surface area contributed by atoms with Crippen molar-refractivity contribution in [2.24, 2.45) is 11.5 Å². The van der Waals surface area contributed by atoms with E-state index in [0.29, 0.717) is 12.1 Å². The largest absolute Gasteiger partial charge is 0.393 e. The number of primary amides is 1. The number of carbonyl (C=O) groups is 1. The molecule has 2 aromatic carbocycles. The lowest BCUT2D eigenvalue weighted by Crippen LogP contribution is -2.34. The molecule has 1 heterocycles. The van der Waals surface area contributed by atoms with Crippen LogP contribution in [0.4, 0.5) is 5.69 Å². The highest BCUT2D eigenvalue weighted by Gasteiger charge is 2.29. The Morgan fingerprint density at radius 1 is 1.17 bits per heavy atom. The van der Waals surface area contributed by atoms with E-state index < -0.39 is 5.91 Å². The maximum Gasteiger partial charge on any atom is 0.248 e. The Hall–Kier alpha value is -2.02. The number of hydrogen-bond acceptors (Lipinski definition) is 5. The number of fused-ring (bicyclic) bond motifs is 1. The van der Waals surface area contributed by atoms with Gasteiger partial charge in [0.2, 0.25) is 5.91 Å². The minimum Gasteiger partial charge on any atom is -0.393 e. The molecule has 24 heavy (non-hydrogen) atoms. The van der Waals surface area contributed by atoms with E-state index in [-0.39, 0.29) is 12.0 Å². The van der Waals surface area contributed by atoms with Gasteiger partial charge >= 0.3 is 0 Å². The first-order chi connectivity index (χ1) is 11.6. The molecule has 0 spiro atoms. The van der Waals surface area contributed by atoms with Crippen LogP contribution in [-0.4, -0.2) is 29.5 Å². The maximum atomic E-state index is 11.4. The summed E-state index contributed by atoms with van der Waals surface area (Å²) in [6, 6.07) is 13.7. The normalized spacial score (nSPS) is 16.2. The fourth-order valence-electron chi connectivity index (χ4n) is 2.85. The summed E-state index contributed by atoms with van der Waals surface area (Å²) in [6.45, 7) is 1.35. The summed E-state index contributed by atoms with van der Waals surface area (Å²) in [7, 11) is 0. The molecule has 1 amide bonds. The number of benzene rings is 2. The van der Waals surface area contributed by atoms with E-state index in [1.807, 2.05) is 24.3 Å². The van der Waals surface area contributed by atoms with E-state index >= 15 is 0 Å². The van der Waals surface area contributed by atoms with Crippen LogP contribution >= 0.6 is 11.8 Å². The molecule has 6 heteroatoms. The van der Waals surface area contributed by atoms with Crippen molar-refractivity contribution in [1.29, 1.82) is 0 Å². The molecule has 0 aromatic heterocycles. The van der Waals surface area contributed by atoms with Crippen LogP contribution in [0.15, 0.2) is 47.4 Å². The number of nitrogens with zero attached hydrogens (tertiary/aromatic N) is 1. The standard InChI is InChI=1S/C18H21N3O2S/c19-10-13-3-1-12(2-4-13)7-8-21-15-9-14(18(20)23)5-6-16(15)24-17(21)11-22/h1-6,9,17,22H,7-8,10-11,19H2,(H2,20,23). The summed E-state index contributed by atoms with van der Waals surface area (Å²) >= 11 is 1.61. The number of aliphatic hydroxyl groups is 1. The number of carbonyl (C=O) groups excluding carboxylic acids is 1. The van der Waals surface area contributed by atoms with Crippen molar-refractivity contribution < 1.29 is 9.90 Å². The lowest BCUT2D eigenvalue weighted by atomic mass is 10.1. The van der Waals surface area contributed by atoms with Gasteiger partial charge in [-0.15, -0.1) is 0 Å². The minimum absolute atomic E-state index is 0.0357. The third-order valence-electron chi connectivity index (χ3n) is 4.22. The molecular formula is C18H21N3O2S. The zero-order valence-electron chi connectivity index (χ0n) is 13.3. The lowest BCUT2D eigenvalue weighted by molar-refractivity contribution is 0.100. The van der Waals surface area contributed by atoms with E-state index in [4.69, 9.17) is 11.5 Å². The summed E-state index contributed by atoms with van der Waals surface area (Å²) in [6.07, 6.45) is 0.849. The molecule has 1 atom stereocenters. The van der Waals surface area contributed by atoms with Crippen molar-refractivity contribution in [3.8, 4) is 0 Å². The number of aliphatic hydroxyl groups excluding tert-OH is 1. The summed E-state index contributed by atoms with van der Waals surface area (Å²) in [4.78, 5) is 14.6. The molecule has 3 rings (SSSR count). The predicted molar refractivity (Wildman–Crippen MR) is 97.1 cm³/mol. The smallest absolute Gasteiger partial charge is 0.248 e. The van der Waals surface area contributed by atoms with Gasteiger partial charge in [0.05, 0.1) is 12.3 Å². The number of nitrogens with two attached hydrogens (primary N) is 2. The summed E-state index contributed by atoms with van der Waals surface area (Å²) < 4.78 is 0. The van der Waals surface area contributed by atoms with Crippen molar-refractivity contribution in [1.82, 2.24) is 0 Å². The molecular weight excluding hydrogens is 322 g/mol. The Bertz CT molecular complexity index is 734. The highest BCUT2D eigenvalue weighted by Crippen LogP contribution is 2.43. The van der Waals surface area contributed by atoms with Crippen molar-refractivity contribution in [2.75, 3.05) is 18.1 Å². The van der Waals surface area contributed by atoms with Crippen LogP contribution in [0.5, 0.6) is 0 Å². The molecule has 126 valence electrons. The Morgan fingerprint density at radius 2 is 1.88 bits per heavy atom. The number of rotatable bonds is 6. The topological polar surface area (TPSA) is 92.6 Å². The fraction of sp³-hybridized carbons (Fsp3) is 0.278. The summed E-state index contributed by atoms with van der Waals surface area (Å²) in [5, 5.41) is 9.65. The summed E-state index contributed by atoms with van der Waals surface area (Å²) in [5.74, 6) is -0.437. The average Bonchev–Trinajstić information content (AvgIpc) is 2.97. The van der Waals surface area contributed by atoms with Crippen LogP contribution in [0.1, 0.15) is 21.5 Å². The van der Waals surface area contributed by atoms with Crippen molar-refractivity contribution in [3.63, 3.8) is 0 Å².